The highest BCUT2D eigenvalue weighted by molar-refractivity contribution is 5.87. The first kappa shape index (κ1) is 19.6. The summed E-state index contributed by atoms with van der Waals surface area (Å²) in [6.07, 6.45) is 1.04. The van der Waals surface area contributed by atoms with Crippen LogP contribution < -0.4 is 5.32 Å². The molecule has 0 bridgehead atoms. The van der Waals surface area contributed by atoms with Gasteiger partial charge < -0.3 is 10.2 Å². The first-order chi connectivity index (χ1) is 12.5. The lowest BCUT2D eigenvalue weighted by Crippen LogP contribution is -2.47. The van der Waals surface area contributed by atoms with Crippen molar-refractivity contribution < 1.29 is 14.0 Å². The third-order valence-electron chi connectivity index (χ3n) is 4.29. The summed E-state index contributed by atoms with van der Waals surface area (Å²) in [6.45, 7) is 4.27. The minimum absolute atomic E-state index is 0.111. The van der Waals surface area contributed by atoms with Crippen LogP contribution in [0.5, 0.6) is 0 Å². The molecule has 1 atom stereocenters. The van der Waals surface area contributed by atoms with Crippen LogP contribution >= 0.6 is 0 Å². The maximum Gasteiger partial charge on any atom is 0.242 e. The molecule has 0 aliphatic heterocycles. The second kappa shape index (κ2) is 9.70. The Morgan fingerprint density at radius 2 is 1.69 bits per heavy atom. The zero-order valence-corrected chi connectivity index (χ0v) is 15.2. The van der Waals surface area contributed by atoms with Crippen molar-refractivity contribution in [2.75, 3.05) is 6.54 Å². The van der Waals surface area contributed by atoms with Crippen molar-refractivity contribution in [3.8, 4) is 0 Å². The number of rotatable bonds is 8. The van der Waals surface area contributed by atoms with E-state index in [0.717, 1.165) is 17.5 Å². The lowest BCUT2D eigenvalue weighted by molar-refractivity contribution is -0.140. The van der Waals surface area contributed by atoms with E-state index in [-0.39, 0.29) is 24.2 Å². The molecule has 0 aliphatic rings. The van der Waals surface area contributed by atoms with Gasteiger partial charge in [-0.3, -0.25) is 9.59 Å². The molecule has 2 aromatic carbocycles. The molecule has 0 heterocycles. The van der Waals surface area contributed by atoms with Crippen molar-refractivity contribution in [1.82, 2.24) is 10.2 Å². The second-order valence-electron chi connectivity index (χ2n) is 6.20. The van der Waals surface area contributed by atoms with Gasteiger partial charge in [0.25, 0.3) is 0 Å². The summed E-state index contributed by atoms with van der Waals surface area (Å²) in [4.78, 5) is 26.3. The Bertz CT molecular complexity index is 717. The maximum atomic E-state index is 13.1. The highest BCUT2D eigenvalue weighted by atomic mass is 19.1. The Balaban J connectivity index is 1.96. The van der Waals surface area contributed by atoms with E-state index in [1.807, 2.05) is 30.3 Å². The van der Waals surface area contributed by atoms with Crippen molar-refractivity contribution in [3.63, 3.8) is 0 Å². The van der Waals surface area contributed by atoms with E-state index in [9.17, 15) is 14.0 Å². The lowest BCUT2D eigenvalue weighted by atomic mass is 10.1. The summed E-state index contributed by atoms with van der Waals surface area (Å²) in [5.74, 6) is -0.626. The zero-order valence-electron chi connectivity index (χ0n) is 15.2. The van der Waals surface area contributed by atoms with E-state index in [2.05, 4.69) is 5.32 Å². The number of nitrogens with one attached hydrogen (secondary N) is 1. The van der Waals surface area contributed by atoms with Gasteiger partial charge in [-0.1, -0.05) is 49.4 Å². The van der Waals surface area contributed by atoms with Gasteiger partial charge in [0, 0.05) is 19.5 Å². The molecule has 1 N–H and O–H groups in total. The van der Waals surface area contributed by atoms with E-state index in [0.29, 0.717) is 13.0 Å². The second-order valence-corrected chi connectivity index (χ2v) is 6.20. The summed E-state index contributed by atoms with van der Waals surface area (Å²) < 4.78 is 13.1. The fourth-order valence-corrected chi connectivity index (χ4v) is 2.69. The van der Waals surface area contributed by atoms with Gasteiger partial charge in [0.05, 0.1) is 0 Å². The van der Waals surface area contributed by atoms with Gasteiger partial charge in [-0.05, 0) is 36.6 Å². The van der Waals surface area contributed by atoms with Gasteiger partial charge in [-0.15, -0.1) is 0 Å². The molecule has 4 nitrogen and oxygen atoms in total. The minimum atomic E-state index is -0.594. The standard InChI is InChI=1S/C21H25FN2O2/c1-3-20(25)24(15-18-9-11-19(22)12-10-18)16(2)21(26)23-14-13-17-7-5-4-6-8-17/h4-12,16H,3,13-15H2,1-2H3,(H,23,26)/t16-/m1/s1. The van der Waals surface area contributed by atoms with E-state index in [1.165, 1.54) is 17.0 Å². The van der Waals surface area contributed by atoms with Crippen LogP contribution in [0.4, 0.5) is 4.39 Å². The van der Waals surface area contributed by atoms with E-state index in [4.69, 9.17) is 0 Å². The Hall–Kier alpha value is -2.69. The summed E-state index contributed by atoms with van der Waals surface area (Å²) in [5, 5.41) is 2.89. The number of hydrogen-bond donors (Lipinski definition) is 1. The number of benzene rings is 2. The molecule has 2 amide bonds. The Morgan fingerprint density at radius 3 is 2.31 bits per heavy atom. The Morgan fingerprint density at radius 1 is 1.04 bits per heavy atom. The molecule has 5 heteroatoms. The molecule has 0 unspecified atom stereocenters. The largest absolute Gasteiger partial charge is 0.354 e. The van der Waals surface area contributed by atoms with Gasteiger partial charge in [0.1, 0.15) is 11.9 Å². The van der Waals surface area contributed by atoms with Gasteiger partial charge in [-0.2, -0.15) is 0 Å². The number of amides is 2. The van der Waals surface area contributed by atoms with Crippen molar-refractivity contribution in [3.05, 3.63) is 71.5 Å². The first-order valence-corrected chi connectivity index (χ1v) is 8.86. The van der Waals surface area contributed by atoms with Gasteiger partial charge in [-0.25, -0.2) is 4.39 Å². The van der Waals surface area contributed by atoms with Gasteiger partial charge in [0.15, 0.2) is 0 Å². The molecule has 0 radical (unpaired) electrons. The van der Waals surface area contributed by atoms with Crippen molar-refractivity contribution in [2.24, 2.45) is 0 Å². The van der Waals surface area contributed by atoms with Crippen molar-refractivity contribution >= 4 is 11.8 Å². The van der Waals surface area contributed by atoms with Crippen LogP contribution in [-0.4, -0.2) is 29.3 Å². The topological polar surface area (TPSA) is 49.4 Å². The SMILES string of the molecule is CCC(=O)N(Cc1ccc(F)cc1)[C@H](C)C(=O)NCCc1ccccc1. The van der Waals surface area contributed by atoms with E-state index >= 15 is 0 Å². The number of halogens is 1. The maximum absolute atomic E-state index is 13.1. The summed E-state index contributed by atoms with van der Waals surface area (Å²) in [7, 11) is 0. The molecule has 138 valence electrons. The molecule has 0 spiro atoms. The smallest absolute Gasteiger partial charge is 0.242 e. The average Bonchev–Trinajstić information content (AvgIpc) is 2.67. The highest BCUT2D eigenvalue weighted by Crippen LogP contribution is 2.12. The molecule has 0 aromatic heterocycles. The first-order valence-electron chi connectivity index (χ1n) is 8.86. The molecule has 0 saturated carbocycles. The van der Waals surface area contributed by atoms with Crippen LogP contribution in [0.25, 0.3) is 0 Å². The predicted molar refractivity (Wildman–Crippen MR) is 99.9 cm³/mol. The fraction of sp³-hybridized carbons (Fsp3) is 0.333. The van der Waals surface area contributed by atoms with Crippen LogP contribution in [0, 0.1) is 5.82 Å². The van der Waals surface area contributed by atoms with Crippen LogP contribution in [0.15, 0.2) is 54.6 Å². The van der Waals surface area contributed by atoms with Gasteiger partial charge in [0.2, 0.25) is 11.8 Å². The third-order valence-corrected chi connectivity index (χ3v) is 4.29. The fourth-order valence-electron chi connectivity index (χ4n) is 2.69. The average molecular weight is 356 g/mol. The summed E-state index contributed by atoms with van der Waals surface area (Å²) in [6, 6.07) is 15.3. The number of hydrogen-bond acceptors (Lipinski definition) is 2. The molecule has 0 aliphatic carbocycles. The third kappa shape index (κ3) is 5.69. The highest BCUT2D eigenvalue weighted by Gasteiger charge is 2.24. The van der Waals surface area contributed by atoms with Crippen LogP contribution in [0.1, 0.15) is 31.4 Å². The molecule has 0 saturated heterocycles. The lowest BCUT2D eigenvalue weighted by Gasteiger charge is -2.28. The summed E-state index contributed by atoms with van der Waals surface area (Å²) in [5.41, 5.74) is 1.94. The van der Waals surface area contributed by atoms with E-state index < -0.39 is 6.04 Å². The molecule has 0 fully saturated rings. The molecular formula is C21H25FN2O2. The predicted octanol–water partition coefficient (Wildman–Crippen LogP) is 3.31. The van der Waals surface area contributed by atoms with E-state index in [1.54, 1.807) is 26.0 Å². The van der Waals surface area contributed by atoms with Gasteiger partial charge >= 0.3 is 0 Å². The van der Waals surface area contributed by atoms with Crippen LogP contribution in [0.3, 0.4) is 0 Å². The molecule has 26 heavy (non-hydrogen) atoms. The Kier molecular flexibility index (Phi) is 7.33. The van der Waals surface area contributed by atoms with Crippen LogP contribution in [-0.2, 0) is 22.6 Å². The molecule has 2 rings (SSSR count). The molecule has 2 aromatic rings. The normalized spacial score (nSPS) is 11.7. The molecular weight excluding hydrogens is 331 g/mol. The number of nitrogens with zero attached hydrogens (tertiary/aromatic N) is 1. The minimum Gasteiger partial charge on any atom is -0.354 e. The van der Waals surface area contributed by atoms with Crippen LogP contribution in [0.2, 0.25) is 0 Å². The zero-order chi connectivity index (χ0) is 18.9. The quantitative estimate of drug-likeness (QED) is 0.789. The summed E-state index contributed by atoms with van der Waals surface area (Å²) >= 11 is 0. The van der Waals surface area contributed by atoms with Crippen molar-refractivity contribution in [2.45, 2.75) is 39.3 Å². The van der Waals surface area contributed by atoms with Crippen molar-refractivity contribution in [1.29, 1.82) is 0 Å². The number of carbonyl (C=O) groups excluding carboxylic acids is 2. The monoisotopic (exact) mass is 356 g/mol. The number of carbonyl (C=O) groups is 2. The Labute approximate surface area is 154 Å².